The number of ketones is 1. The molecule has 0 aromatic carbocycles. The van der Waals surface area contributed by atoms with Gasteiger partial charge >= 0.3 is 18.2 Å². The number of rotatable bonds is 17. The van der Waals surface area contributed by atoms with Crippen LogP contribution in [-0.4, -0.2) is 86.3 Å². The Morgan fingerprint density at radius 3 is 2.24 bits per heavy atom. The molecule has 2 unspecified atom stereocenters. The molecule has 0 aromatic rings. The molecule has 1 aliphatic carbocycles. The average molecular weight is 617 g/mol. The number of hydrogen-bond donors (Lipinski definition) is 2. The molecule has 0 aromatic heterocycles. The molecule has 236 valence electrons. The minimum Gasteiger partial charge on any atom is -0.462 e. The molecule has 2 N–H and O–H groups in total. The third-order valence-electron chi connectivity index (χ3n) is 6.54. The Bertz CT molecular complexity index is 909. The number of esters is 1. The van der Waals surface area contributed by atoms with Crippen LogP contribution in [0.1, 0.15) is 52.9 Å². The van der Waals surface area contributed by atoms with Crippen LogP contribution in [0.5, 0.6) is 0 Å². The van der Waals surface area contributed by atoms with Crippen LogP contribution < -0.4 is 10.6 Å². The Balaban J connectivity index is 2.44. The van der Waals surface area contributed by atoms with Gasteiger partial charge in [-0.25, -0.2) is 14.4 Å². The molecule has 0 radical (unpaired) electrons. The van der Waals surface area contributed by atoms with E-state index in [1.54, 1.807) is 14.0 Å². The molecule has 13 heteroatoms. The number of alkyl carbamates (subject to hydrolysis) is 2. The summed E-state index contributed by atoms with van der Waals surface area (Å²) >= 11 is 0. The van der Waals surface area contributed by atoms with Crippen molar-refractivity contribution in [2.45, 2.75) is 91.1 Å². The first kappa shape index (κ1) is 36.8. The van der Waals surface area contributed by atoms with Crippen molar-refractivity contribution in [2.24, 2.45) is 11.3 Å². The number of methoxy groups -OCH3 is 1. The number of hydrogen-bond acceptors (Lipinski definition) is 9. The van der Waals surface area contributed by atoms with E-state index in [9.17, 15) is 19.2 Å². The first-order valence-electron chi connectivity index (χ1n) is 14.3. The number of ether oxygens (including phenoxy) is 4. The fourth-order valence-electron chi connectivity index (χ4n) is 5.24. The van der Waals surface area contributed by atoms with Crippen LogP contribution in [0.25, 0.3) is 0 Å². The summed E-state index contributed by atoms with van der Waals surface area (Å²) < 4.78 is 27.0. The molecule has 2 atom stereocenters. The second-order valence-corrected chi connectivity index (χ2v) is 21.5. The molecule has 0 heterocycles. The molecule has 0 bridgehead atoms. The maximum absolute atomic E-state index is 12.5. The zero-order valence-electron chi connectivity index (χ0n) is 26.3. The molecular formula is C28H52N2O9Si2. The third-order valence-corrected chi connectivity index (χ3v) is 13.0. The van der Waals surface area contributed by atoms with E-state index in [1.165, 1.54) is 0 Å². The molecule has 1 rings (SSSR count). The van der Waals surface area contributed by atoms with Crippen molar-refractivity contribution < 1.29 is 42.2 Å². The number of carbonyl (C=O) groups is 4. The van der Waals surface area contributed by atoms with Crippen molar-refractivity contribution in [3.63, 3.8) is 0 Å². The van der Waals surface area contributed by atoms with Gasteiger partial charge in [-0.05, 0) is 70.1 Å². The van der Waals surface area contributed by atoms with E-state index in [0.29, 0.717) is 37.6 Å². The number of nitrogens with one attached hydrogen (secondary N) is 2. The molecular weight excluding hydrogens is 564 g/mol. The predicted octanol–water partition coefficient (Wildman–Crippen LogP) is 4.71. The SMILES string of the molecule is C=C(C)C(=O)OCCCC(=O)C[Si](C)(C)O[Si](C)(C)COC(=O)NCC1CC(NC(=O)OCCOC)CC(C)(C)C1. The van der Waals surface area contributed by atoms with Gasteiger partial charge in [0.25, 0.3) is 0 Å². The van der Waals surface area contributed by atoms with Gasteiger partial charge in [0.2, 0.25) is 8.32 Å². The van der Waals surface area contributed by atoms with Gasteiger partial charge in [-0.15, -0.1) is 0 Å². The minimum atomic E-state index is -2.39. The van der Waals surface area contributed by atoms with Gasteiger partial charge in [0.1, 0.15) is 18.6 Å². The van der Waals surface area contributed by atoms with Gasteiger partial charge in [-0.1, -0.05) is 20.4 Å². The van der Waals surface area contributed by atoms with Gasteiger partial charge < -0.3 is 33.7 Å². The lowest BCUT2D eigenvalue weighted by atomic mass is 9.70. The van der Waals surface area contributed by atoms with E-state index in [0.717, 1.165) is 19.3 Å². The highest BCUT2D eigenvalue weighted by Crippen LogP contribution is 2.38. The second kappa shape index (κ2) is 17.0. The number of Topliss-reactive ketones (excluding diaryl/α,β-unsaturated/α-hetero) is 1. The summed E-state index contributed by atoms with van der Waals surface area (Å²) in [5.74, 6) is -0.200. The maximum atomic E-state index is 12.5. The summed E-state index contributed by atoms with van der Waals surface area (Å²) in [7, 11) is -3.18. The van der Waals surface area contributed by atoms with Crippen LogP contribution in [0, 0.1) is 11.3 Å². The van der Waals surface area contributed by atoms with E-state index in [-0.39, 0.29) is 42.6 Å². The summed E-state index contributed by atoms with van der Waals surface area (Å²) in [4.78, 5) is 48.5. The molecule has 0 aliphatic heterocycles. The zero-order chi connectivity index (χ0) is 31.3. The zero-order valence-corrected chi connectivity index (χ0v) is 28.3. The lowest BCUT2D eigenvalue weighted by molar-refractivity contribution is -0.139. The summed E-state index contributed by atoms with van der Waals surface area (Å²) in [5.41, 5.74) is 0.336. The molecule has 1 saturated carbocycles. The first-order valence-corrected chi connectivity index (χ1v) is 20.5. The van der Waals surface area contributed by atoms with E-state index in [1.807, 2.05) is 26.2 Å². The minimum absolute atomic E-state index is 0.00441. The van der Waals surface area contributed by atoms with Gasteiger partial charge in [-0.3, -0.25) is 4.79 Å². The fraction of sp³-hybridized carbons (Fsp3) is 0.786. The third kappa shape index (κ3) is 16.7. The van der Waals surface area contributed by atoms with E-state index in [2.05, 4.69) is 31.1 Å². The van der Waals surface area contributed by atoms with Gasteiger partial charge in [0.05, 0.1) is 13.2 Å². The molecule has 0 spiro atoms. The van der Waals surface area contributed by atoms with Crippen LogP contribution >= 0.6 is 0 Å². The molecule has 1 fully saturated rings. The molecule has 0 saturated heterocycles. The van der Waals surface area contributed by atoms with Crippen LogP contribution in [0.4, 0.5) is 9.59 Å². The molecule has 2 amide bonds. The van der Waals surface area contributed by atoms with Crippen molar-refractivity contribution in [3.05, 3.63) is 12.2 Å². The Morgan fingerprint density at radius 1 is 0.927 bits per heavy atom. The van der Waals surface area contributed by atoms with Crippen molar-refractivity contribution in [1.29, 1.82) is 0 Å². The summed E-state index contributed by atoms with van der Waals surface area (Å²) in [5, 5.41) is 5.82. The highest BCUT2D eigenvalue weighted by Gasteiger charge is 2.37. The van der Waals surface area contributed by atoms with E-state index in [4.69, 9.17) is 23.1 Å². The van der Waals surface area contributed by atoms with Crippen molar-refractivity contribution in [2.75, 3.05) is 39.7 Å². The van der Waals surface area contributed by atoms with Crippen LogP contribution in [-0.2, 0) is 32.7 Å². The highest BCUT2D eigenvalue weighted by atomic mass is 28.4. The predicted molar refractivity (Wildman–Crippen MR) is 161 cm³/mol. The van der Waals surface area contributed by atoms with Crippen molar-refractivity contribution >= 4 is 40.6 Å². The van der Waals surface area contributed by atoms with Crippen molar-refractivity contribution in [3.8, 4) is 0 Å². The lowest BCUT2D eigenvalue weighted by Crippen LogP contribution is -2.49. The normalized spacial score (nSPS) is 18.6. The summed E-state index contributed by atoms with van der Waals surface area (Å²) in [6.07, 6.45) is 2.46. The molecule has 41 heavy (non-hydrogen) atoms. The molecule has 1 aliphatic rings. The van der Waals surface area contributed by atoms with Crippen LogP contribution in [0.2, 0.25) is 32.2 Å². The Labute approximate surface area is 247 Å². The number of amides is 2. The Kier molecular flexibility index (Phi) is 15.3. The van der Waals surface area contributed by atoms with E-state index < -0.39 is 34.8 Å². The Hall–Kier alpha value is -2.23. The fourth-order valence-corrected chi connectivity index (χ4v) is 13.4. The first-order chi connectivity index (χ1) is 18.9. The lowest BCUT2D eigenvalue weighted by Gasteiger charge is -2.40. The topological polar surface area (TPSA) is 138 Å². The van der Waals surface area contributed by atoms with Crippen LogP contribution in [0.15, 0.2) is 12.2 Å². The van der Waals surface area contributed by atoms with Gasteiger partial charge in [-0.2, -0.15) is 0 Å². The van der Waals surface area contributed by atoms with Crippen molar-refractivity contribution in [1.82, 2.24) is 10.6 Å². The largest absolute Gasteiger partial charge is 0.462 e. The Morgan fingerprint density at radius 2 is 1.61 bits per heavy atom. The average Bonchev–Trinajstić information content (AvgIpc) is 2.82. The summed E-state index contributed by atoms with van der Waals surface area (Å²) in [6, 6.07) is 0.300. The monoisotopic (exact) mass is 616 g/mol. The van der Waals surface area contributed by atoms with E-state index >= 15 is 0 Å². The second-order valence-electron chi connectivity index (χ2n) is 13.0. The van der Waals surface area contributed by atoms with Crippen LogP contribution in [0.3, 0.4) is 0 Å². The quantitative estimate of drug-likeness (QED) is 0.0782. The molecule has 11 nitrogen and oxygen atoms in total. The highest BCUT2D eigenvalue weighted by molar-refractivity contribution is 6.86. The van der Waals surface area contributed by atoms with Gasteiger partial charge in [0, 0.05) is 37.7 Å². The number of carbonyl (C=O) groups excluding carboxylic acids is 4. The van der Waals surface area contributed by atoms with Gasteiger partial charge in [0.15, 0.2) is 8.32 Å². The standard InChI is InChI=1S/C28H52N2O9Si2/c1-21(2)25(32)36-12-10-11-24(31)19-40(6,7)39-41(8,9)20-38-26(33)29-18-22-15-23(17-28(3,4)16-22)30-27(34)37-14-13-35-5/h22-23H,1,10-20H2,2-9H3,(H,29,33)(H,30,34). The smallest absolute Gasteiger partial charge is 0.407 e. The maximum Gasteiger partial charge on any atom is 0.407 e. The summed E-state index contributed by atoms with van der Waals surface area (Å²) in [6.45, 7) is 18.5.